The Balaban J connectivity index is 2.79. The highest BCUT2D eigenvalue weighted by atomic mass is 14.3. The fourth-order valence-electron chi connectivity index (χ4n) is 0.852. The Labute approximate surface area is 50.9 Å². The summed E-state index contributed by atoms with van der Waals surface area (Å²) in [5.41, 5.74) is 1.61. The van der Waals surface area contributed by atoms with Gasteiger partial charge in [-0.1, -0.05) is 32.6 Å². The second-order valence-corrected chi connectivity index (χ2v) is 3.02. The van der Waals surface area contributed by atoms with Crippen molar-refractivity contribution >= 4 is 0 Å². The van der Waals surface area contributed by atoms with Crippen LogP contribution in [0.15, 0.2) is 24.3 Å². The van der Waals surface area contributed by atoms with Crippen molar-refractivity contribution in [3.05, 3.63) is 24.3 Å². The Morgan fingerprint density at radius 1 is 1.62 bits per heavy atom. The van der Waals surface area contributed by atoms with E-state index in [2.05, 4.69) is 32.6 Å². The first-order valence-corrected chi connectivity index (χ1v) is 2.99. The van der Waals surface area contributed by atoms with Crippen LogP contribution in [-0.2, 0) is 0 Å². The molecule has 0 spiro atoms. The molecule has 0 fully saturated rings. The van der Waals surface area contributed by atoms with Crippen molar-refractivity contribution in [2.24, 2.45) is 5.41 Å². The Bertz CT molecular complexity index is 138. The number of hydrogen-bond acceptors (Lipinski definition) is 0. The van der Waals surface area contributed by atoms with Crippen molar-refractivity contribution < 1.29 is 0 Å². The molecule has 8 heavy (non-hydrogen) atoms. The first kappa shape index (κ1) is 5.61. The van der Waals surface area contributed by atoms with E-state index in [9.17, 15) is 0 Å². The molecule has 0 heterocycles. The SMILES string of the molecule is C=C1C=CCC1(C)C. The van der Waals surface area contributed by atoms with Crippen LogP contribution in [0, 0.1) is 5.41 Å². The highest BCUT2D eigenvalue weighted by Gasteiger charge is 2.21. The highest BCUT2D eigenvalue weighted by Crippen LogP contribution is 2.35. The maximum atomic E-state index is 3.92. The third kappa shape index (κ3) is 0.706. The van der Waals surface area contributed by atoms with Crippen LogP contribution in [0.4, 0.5) is 0 Å². The van der Waals surface area contributed by atoms with Gasteiger partial charge >= 0.3 is 0 Å². The molecule has 0 saturated heterocycles. The number of hydrogen-bond donors (Lipinski definition) is 0. The van der Waals surface area contributed by atoms with Gasteiger partial charge in [0, 0.05) is 0 Å². The summed E-state index contributed by atoms with van der Waals surface area (Å²) < 4.78 is 0. The molecular weight excluding hydrogens is 96.1 g/mol. The number of rotatable bonds is 0. The summed E-state index contributed by atoms with van der Waals surface area (Å²) in [6.07, 6.45) is 5.45. The maximum absolute atomic E-state index is 3.92. The first-order valence-electron chi connectivity index (χ1n) is 2.99. The zero-order chi connectivity index (χ0) is 6.20. The molecule has 0 bridgehead atoms. The van der Waals surface area contributed by atoms with Gasteiger partial charge in [0.05, 0.1) is 0 Å². The minimum Gasteiger partial charge on any atom is -0.0953 e. The van der Waals surface area contributed by atoms with Gasteiger partial charge in [0.25, 0.3) is 0 Å². The zero-order valence-electron chi connectivity index (χ0n) is 5.57. The van der Waals surface area contributed by atoms with Crippen molar-refractivity contribution in [2.75, 3.05) is 0 Å². The average Bonchev–Trinajstić information content (AvgIpc) is 1.86. The van der Waals surface area contributed by atoms with Gasteiger partial charge in [-0.3, -0.25) is 0 Å². The topological polar surface area (TPSA) is 0 Å². The van der Waals surface area contributed by atoms with E-state index in [1.165, 1.54) is 5.57 Å². The lowest BCUT2D eigenvalue weighted by atomic mass is 9.87. The predicted octanol–water partition coefficient (Wildman–Crippen LogP) is 2.53. The Kier molecular flexibility index (Phi) is 1.04. The molecule has 0 amide bonds. The molecule has 0 atom stereocenters. The van der Waals surface area contributed by atoms with E-state index < -0.39 is 0 Å². The minimum atomic E-state index is 0.347. The predicted molar refractivity (Wildman–Crippen MR) is 36.7 cm³/mol. The molecule has 44 valence electrons. The fraction of sp³-hybridized carbons (Fsp3) is 0.500. The van der Waals surface area contributed by atoms with E-state index in [4.69, 9.17) is 0 Å². The lowest BCUT2D eigenvalue weighted by Gasteiger charge is -2.17. The molecule has 0 unspecified atom stereocenters. The second-order valence-electron chi connectivity index (χ2n) is 3.02. The lowest BCUT2D eigenvalue weighted by Crippen LogP contribution is -2.06. The van der Waals surface area contributed by atoms with Crippen LogP contribution < -0.4 is 0 Å². The van der Waals surface area contributed by atoms with Gasteiger partial charge in [0.2, 0.25) is 0 Å². The molecule has 0 aliphatic heterocycles. The summed E-state index contributed by atoms with van der Waals surface area (Å²) in [4.78, 5) is 0. The smallest absolute Gasteiger partial charge is 0.00750 e. The quantitative estimate of drug-likeness (QED) is 0.447. The van der Waals surface area contributed by atoms with Crippen LogP contribution in [0.25, 0.3) is 0 Å². The summed E-state index contributed by atoms with van der Waals surface area (Å²) in [5, 5.41) is 0. The molecule has 0 N–H and O–H groups in total. The zero-order valence-corrected chi connectivity index (χ0v) is 5.57. The summed E-state index contributed by atoms with van der Waals surface area (Å²) in [6, 6.07) is 0. The third-order valence-corrected chi connectivity index (χ3v) is 1.82. The molecule has 0 saturated carbocycles. The van der Waals surface area contributed by atoms with Crippen molar-refractivity contribution in [1.29, 1.82) is 0 Å². The molecule has 0 heteroatoms. The molecule has 1 rings (SSSR count). The number of allylic oxidation sites excluding steroid dienone is 3. The lowest BCUT2D eigenvalue weighted by molar-refractivity contribution is 0.485. The summed E-state index contributed by atoms with van der Waals surface area (Å²) >= 11 is 0. The van der Waals surface area contributed by atoms with E-state index in [-0.39, 0.29) is 0 Å². The van der Waals surface area contributed by atoms with Gasteiger partial charge in [0.1, 0.15) is 0 Å². The largest absolute Gasteiger partial charge is 0.0953 e. The molecule has 1 aliphatic carbocycles. The first-order chi connectivity index (χ1) is 3.63. The standard InChI is InChI=1S/C8H12/c1-7-5-4-6-8(7,2)3/h4-5H,1,6H2,2-3H3. The summed E-state index contributed by atoms with van der Waals surface area (Å²) in [5.74, 6) is 0. The molecule has 1 aliphatic rings. The van der Waals surface area contributed by atoms with Gasteiger partial charge in [-0.25, -0.2) is 0 Å². The summed E-state index contributed by atoms with van der Waals surface area (Å²) in [6.45, 7) is 8.36. The molecule has 0 radical (unpaired) electrons. The highest BCUT2D eigenvalue weighted by molar-refractivity contribution is 5.28. The van der Waals surface area contributed by atoms with E-state index >= 15 is 0 Å². The van der Waals surface area contributed by atoms with Crippen LogP contribution in [0.1, 0.15) is 20.3 Å². The van der Waals surface area contributed by atoms with E-state index in [1.807, 2.05) is 0 Å². The maximum Gasteiger partial charge on any atom is -0.00750 e. The van der Waals surface area contributed by atoms with Gasteiger partial charge in [-0.15, -0.1) is 0 Å². The molecular formula is C8H12. The Hall–Kier alpha value is -0.520. The van der Waals surface area contributed by atoms with Gasteiger partial charge in [-0.05, 0) is 17.4 Å². The molecule has 0 aromatic carbocycles. The van der Waals surface area contributed by atoms with Crippen LogP contribution >= 0.6 is 0 Å². The molecule has 0 aromatic rings. The van der Waals surface area contributed by atoms with Crippen molar-refractivity contribution in [3.63, 3.8) is 0 Å². The van der Waals surface area contributed by atoms with Crippen LogP contribution in [0.3, 0.4) is 0 Å². The second kappa shape index (κ2) is 1.48. The van der Waals surface area contributed by atoms with Crippen LogP contribution in [0.5, 0.6) is 0 Å². The van der Waals surface area contributed by atoms with Gasteiger partial charge < -0.3 is 0 Å². The summed E-state index contributed by atoms with van der Waals surface area (Å²) in [7, 11) is 0. The Morgan fingerprint density at radius 3 is 2.38 bits per heavy atom. The molecule has 0 aromatic heterocycles. The van der Waals surface area contributed by atoms with Crippen molar-refractivity contribution in [1.82, 2.24) is 0 Å². The monoisotopic (exact) mass is 108 g/mol. The van der Waals surface area contributed by atoms with Crippen molar-refractivity contribution in [2.45, 2.75) is 20.3 Å². The third-order valence-electron chi connectivity index (χ3n) is 1.82. The van der Waals surface area contributed by atoms with Crippen LogP contribution in [0.2, 0.25) is 0 Å². The average molecular weight is 108 g/mol. The Morgan fingerprint density at radius 2 is 2.25 bits per heavy atom. The fourth-order valence-corrected chi connectivity index (χ4v) is 0.852. The van der Waals surface area contributed by atoms with Crippen molar-refractivity contribution in [3.8, 4) is 0 Å². The van der Waals surface area contributed by atoms with Gasteiger partial charge in [0.15, 0.2) is 0 Å². The van der Waals surface area contributed by atoms with Gasteiger partial charge in [-0.2, -0.15) is 0 Å². The van der Waals surface area contributed by atoms with Crippen LogP contribution in [-0.4, -0.2) is 0 Å². The van der Waals surface area contributed by atoms with E-state index in [0.29, 0.717) is 5.41 Å². The van der Waals surface area contributed by atoms with E-state index in [1.54, 1.807) is 0 Å². The van der Waals surface area contributed by atoms with E-state index in [0.717, 1.165) is 6.42 Å². The molecule has 0 nitrogen and oxygen atoms in total. The normalized spacial score (nSPS) is 24.5. The minimum absolute atomic E-state index is 0.347.